The lowest BCUT2D eigenvalue weighted by Crippen LogP contribution is -2.47. The van der Waals surface area contributed by atoms with E-state index in [1.807, 2.05) is 6.08 Å². The predicted octanol–water partition coefficient (Wildman–Crippen LogP) is 1.23. The van der Waals surface area contributed by atoms with Gasteiger partial charge in [-0.1, -0.05) is 6.08 Å². The summed E-state index contributed by atoms with van der Waals surface area (Å²) in [7, 11) is 0. The van der Waals surface area contributed by atoms with Gasteiger partial charge < -0.3 is 15.2 Å². The zero-order valence-corrected chi connectivity index (χ0v) is 9.07. The van der Waals surface area contributed by atoms with Gasteiger partial charge in [0.05, 0.1) is 12.6 Å². The Morgan fingerprint density at radius 1 is 1.29 bits per heavy atom. The van der Waals surface area contributed by atoms with Gasteiger partial charge in [0.2, 0.25) is 0 Å². The number of rotatable bonds is 3. The van der Waals surface area contributed by atoms with Crippen molar-refractivity contribution in [1.82, 2.24) is 5.32 Å². The van der Waals surface area contributed by atoms with E-state index in [2.05, 4.69) is 5.32 Å². The second kappa shape index (κ2) is 5.25. The van der Waals surface area contributed by atoms with Gasteiger partial charge in [0, 0.05) is 24.7 Å². The van der Waals surface area contributed by atoms with Crippen molar-refractivity contribution in [3.05, 3.63) is 42.0 Å². The second-order valence-corrected chi connectivity index (χ2v) is 3.81. The Hall–Kier alpha value is -1.46. The Labute approximate surface area is 97.7 Å². The summed E-state index contributed by atoms with van der Waals surface area (Å²) < 4.78 is 31.3. The Kier molecular flexibility index (Phi) is 3.71. The maximum Gasteiger partial charge on any atom is 0.134 e. The molecule has 0 bridgehead atoms. The van der Waals surface area contributed by atoms with Crippen molar-refractivity contribution in [2.75, 3.05) is 13.2 Å². The first-order valence-electron chi connectivity index (χ1n) is 5.32. The molecule has 1 aromatic rings. The highest BCUT2D eigenvalue weighted by atomic mass is 19.1. The van der Waals surface area contributed by atoms with Crippen LogP contribution in [0.3, 0.4) is 0 Å². The lowest BCUT2D eigenvalue weighted by molar-refractivity contribution is 0.136. The first-order chi connectivity index (χ1) is 8.19. The van der Waals surface area contributed by atoms with Gasteiger partial charge in [-0.3, -0.25) is 0 Å². The number of halogens is 2. The summed E-state index contributed by atoms with van der Waals surface area (Å²) in [6.45, 7) is 0.537. The fraction of sp³-hybridized carbons (Fsp3) is 0.333. The number of nitrogens with one attached hydrogen (secondary N) is 1. The first kappa shape index (κ1) is 12.0. The van der Waals surface area contributed by atoms with Crippen molar-refractivity contribution in [3.63, 3.8) is 0 Å². The van der Waals surface area contributed by atoms with E-state index < -0.39 is 17.7 Å². The van der Waals surface area contributed by atoms with Crippen LogP contribution in [0.15, 0.2) is 30.4 Å². The molecular weight excluding hydrogens is 228 g/mol. The zero-order chi connectivity index (χ0) is 12.3. The highest BCUT2D eigenvalue weighted by Gasteiger charge is 2.22. The largest absolute Gasteiger partial charge is 0.484 e. The lowest BCUT2D eigenvalue weighted by Gasteiger charge is -2.27. The third kappa shape index (κ3) is 3.01. The molecule has 1 aliphatic heterocycles. The summed E-state index contributed by atoms with van der Waals surface area (Å²) in [5, 5.41) is 12.1. The molecule has 1 aliphatic rings. The topological polar surface area (TPSA) is 41.5 Å². The average molecular weight is 241 g/mol. The van der Waals surface area contributed by atoms with Crippen LogP contribution >= 0.6 is 0 Å². The van der Waals surface area contributed by atoms with E-state index in [1.54, 1.807) is 6.08 Å². The molecule has 3 nitrogen and oxygen atoms in total. The SMILES string of the molecule is OCC1NCC=CC1Oc1cc(F)cc(F)c1. The minimum absolute atomic E-state index is 0.104. The number of hydrogen-bond donors (Lipinski definition) is 2. The van der Waals surface area contributed by atoms with Crippen LogP contribution in [0.5, 0.6) is 5.75 Å². The van der Waals surface area contributed by atoms with Crippen LogP contribution in [0.4, 0.5) is 8.78 Å². The summed E-state index contributed by atoms with van der Waals surface area (Å²) in [6.07, 6.45) is 3.17. The van der Waals surface area contributed by atoms with Crippen LogP contribution in [0.1, 0.15) is 0 Å². The fourth-order valence-electron chi connectivity index (χ4n) is 1.72. The molecule has 0 aliphatic carbocycles. The van der Waals surface area contributed by atoms with E-state index in [1.165, 1.54) is 0 Å². The minimum atomic E-state index is -0.687. The van der Waals surface area contributed by atoms with Crippen molar-refractivity contribution >= 4 is 0 Å². The highest BCUT2D eigenvalue weighted by molar-refractivity contribution is 5.25. The molecule has 0 spiro atoms. The molecule has 0 radical (unpaired) electrons. The molecular formula is C12H13F2NO2. The van der Waals surface area contributed by atoms with E-state index >= 15 is 0 Å². The molecule has 1 heterocycles. The molecule has 2 unspecified atom stereocenters. The van der Waals surface area contributed by atoms with Gasteiger partial charge in [0.1, 0.15) is 23.5 Å². The fourth-order valence-corrected chi connectivity index (χ4v) is 1.72. The smallest absolute Gasteiger partial charge is 0.134 e. The molecule has 92 valence electrons. The number of ether oxygens (including phenoxy) is 1. The molecule has 0 saturated heterocycles. The Bertz CT molecular complexity index is 403. The molecule has 17 heavy (non-hydrogen) atoms. The number of benzene rings is 1. The van der Waals surface area contributed by atoms with Gasteiger partial charge in [-0.2, -0.15) is 0 Å². The van der Waals surface area contributed by atoms with Gasteiger partial charge in [0.15, 0.2) is 0 Å². The summed E-state index contributed by atoms with van der Waals surface area (Å²) in [4.78, 5) is 0. The van der Waals surface area contributed by atoms with Crippen LogP contribution in [-0.4, -0.2) is 30.4 Å². The van der Waals surface area contributed by atoms with Gasteiger partial charge in [-0.15, -0.1) is 0 Å². The molecule has 0 fully saturated rings. The zero-order valence-electron chi connectivity index (χ0n) is 9.07. The van der Waals surface area contributed by atoms with Crippen LogP contribution in [0, 0.1) is 11.6 Å². The monoisotopic (exact) mass is 241 g/mol. The van der Waals surface area contributed by atoms with Crippen molar-refractivity contribution in [2.24, 2.45) is 0 Å². The lowest BCUT2D eigenvalue weighted by atomic mass is 10.1. The van der Waals surface area contributed by atoms with Crippen molar-refractivity contribution < 1.29 is 18.6 Å². The quantitative estimate of drug-likeness (QED) is 0.782. The van der Waals surface area contributed by atoms with E-state index in [-0.39, 0.29) is 18.4 Å². The molecule has 0 aromatic heterocycles. The van der Waals surface area contributed by atoms with Crippen LogP contribution in [0.2, 0.25) is 0 Å². The molecule has 1 aromatic carbocycles. The van der Waals surface area contributed by atoms with Gasteiger partial charge >= 0.3 is 0 Å². The van der Waals surface area contributed by atoms with Crippen LogP contribution in [0.25, 0.3) is 0 Å². The molecule has 0 amide bonds. The third-order valence-electron chi connectivity index (χ3n) is 2.53. The number of hydrogen-bond acceptors (Lipinski definition) is 3. The molecule has 5 heteroatoms. The van der Waals surface area contributed by atoms with Crippen molar-refractivity contribution in [3.8, 4) is 5.75 Å². The van der Waals surface area contributed by atoms with E-state index in [0.29, 0.717) is 6.54 Å². The highest BCUT2D eigenvalue weighted by Crippen LogP contribution is 2.19. The number of aliphatic hydroxyl groups excluding tert-OH is 1. The second-order valence-electron chi connectivity index (χ2n) is 3.81. The maximum absolute atomic E-state index is 13.0. The summed E-state index contributed by atoms with van der Waals surface area (Å²) in [5.41, 5.74) is 0. The molecule has 2 N–H and O–H groups in total. The van der Waals surface area contributed by atoms with E-state index in [9.17, 15) is 8.78 Å². The Morgan fingerprint density at radius 2 is 2.00 bits per heavy atom. The van der Waals surface area contributed by atoms with E-state index in [0.717, 1.165) is 18.2 Å². The maximum atomic E-state index is 13.0. The van der Waals surface area contributed by atoms with Crippen LogP contribution < -0.4 is 10.1 Å². The molecule has 2 rings (SSSR count). The molecule has 2 atom stereocenters. The predicted molar refractivity (Wildman–Crippen MR) is 58.8 cm³/mol. The Morgan fingerprint density at radius 3 is 2.65 bits per heavy atom. The third-order valence-corrected chi connectivity index (χ3v) is 2.53. The van der Waals surface area contributed by atoms with Crippen molar-refractivity contribution in [2.45, 2.75) is 12.1 Å². The summed E-state index contributed by atoms with van der Waals surface area (Å²) in [5.74, 6) is -1.26. The van der Waals surface area contributed by atoms with Gasteiger partial charge in [0.25, 0.3) is 0 Å². The first-order valence-corrected chi connectivity index (χ1v) is 5.32. The minimum Gasteiger partial charge on any atom is -0.484 e. The normalized spacial score (nSPS) is 23.7. The number of aliphatic hydroxyl groups is 1. The summed E-state index contributed by atoms with van der Waals surface area (Å²) in [6, 6.07) is 2.73. The van der Waals surface area contributed by atoms with Gasteiger partial charge in [-0.05, 0) is 6.08 Å². The van der Waals surface area contributed by atoms with Crippen molar-refractivity contribution in [1.29, 1.82) is 0 Å². The van der Waals surface area contributed by atoms with E-state index in [4.69, 9.17) is 9.84 Å². The Balaban J connectivity index is 2.13. The average Bonchev–Trinajstić information content (AvgIpc) is 2.28. The summed E-state index contributed by atoms with van der Waals surface area (Å²) >= 11 is 0. The standard InChI is InChI=1S/C12H13F2NO2/c13-8-4-9(14)6-10(5-8)17-12-2-1-3-15-11(12)7-16/h1-2,4-6,11-12,15-16H,3,7H2. The van der Waals surface area contributed by atoms with Gasteiger partial charge in [-0.25, -0.2) is 8.78 Å². The molecule has 0 saturated carbocycles. The van der Waals surface area contributed by atoms with Crippen LogP contribution in [-0.2, 0) is 0 Å².